The van der Waals surface area contributed by atoms with Crippen LogP contribution >= 0.6 is 0 Å². The fourth-order valence-electron chi connectivity index (χ4n) is 4.59. The first-order valence-corrected chi connectivity index (χ1v) is 8.95. The molecule has 2 aliphatic carbocycles. The van der Waals surface area contributed by atoms with E-state index in [0.717, 1.165) is 37.6 Å². The summed E-state index contributed by atoms with van der Waals surface area (Å²) in [7, 11) is 0. The number of aromatic nitrogens is 1. The van der Waals surface area contributed by atoms with Crippen LogP contribution in [0.1, 0.15) is 46.7 Å². The number of aryl methyl sites for hydroxylation is 1. The van der Waals surface area contributed by atoms with Crippen molar-refractivity contribution in [3.8, 4) is 0 Å². The Morgan fingerprint density at radius 1 is 1.42 bits per heavy atom. The van der Waals surface area contributed by atoms with Crippen LogP contribution in [0.25, 0.3) is 5.52 Å². The van der Waals surface area contributed by atoms with Gasteiger partial charge < -0.3 is 15.7 Å². The smallest absolute Gasteiger partial charge is 0.341 e. The topological polar surface area (TPSA) is 88.0 Å². The second-order valence-corrected chi connectivity index (χ2v) is 8.08. The Morgan fingerprint density at radius 2 is 2.15 bits per heavy atom. The van der Waals surface area contributed by atoms with Crippen molar-refractivity contribution in [2.75, 3.05) is 18.0 Å². The number of carboxylic acids is 1. The van der Waals surface area contributed by atoms with Crippen molar-refractivity contribution in [1.82, 2.24) is 4.40 Å². The third-order valence-corrected chi connectivity index (χ3v) is 6.21. The SMILES string of the molecule is Cc1c(N2CC3C[C@@]3(N)C2)c(F)cn2c(=O)c(C(=O)O)cc(C3CC3)c12. The van der Waals surface area contributed by atoms with Gasteiger partial charge >= 0.3 is 5.97 Å². The van der Waals surface area contributed by atoms with Crippen LogP contribution < -0.4 is 16.2 Å². The molecule has 136 valence electrons. The zero-order valence-electron chi connectivity index (χ0n) is 14.5. The Bertz CT molecular complexity index is 1040. The van der Waals surface area contributed by atoms with Crippen LogP contribution in [0.15, 0.2) is 17.1 Å². The summed E-state index contributed by atoms with van der Waals surface area (Å²) < 4.78 is 16.2. The summed E-state index contributed by atoms with van der Waals surface area (Å²) in [6.07, 6.45) is 4.03. The van der Waals surface area contributed by atoms with Gasteiger partial charge in [0, 0.05) is 18.6 Å². The highest BCUT2D eigenvalue weighted by Gasteiger charge is 2.57. The van der Waals surface area contributed by atoms with E-state index in [1.54, 1.807) is 0 Å². The number of carbonyl (C=O) groups is 1. The minimum atomic E-state index is -1.28. The fourth-order valence-corrected chi connectivity index (χ4v) is 4.59. The summed E-state index contributed by atoms with van der Waals surface area (Å²) in [6, 6.07) is 1.48. The van der Waals surface area contributed by atoms with E-state index in [2.05, 4.69) is 0 Å². The monoisotopic (exact) mass is 357 g/mol. The molecule has 2 aromatic heterocycles. The number of nitrogens with two attached hydrogens (primary N) is 1. The van der Waals surface area contributed by atoms with E-state index in [-0.39, 0.29) is 17.0 Å². The van der Waals surface area contributed by atoms with Crippen LogP contribution in [-0.4, -0.2) is 34.1 Å². The number of rotatable bonds is 3. The molecule has 0 bridgehead atoms. The molecule has 6 nitrogen and oxygen atoms in total. The second-order valence-electron chi connectivity index (χ2n) is 8.08. The van der Waals surface area contributed by atoms with Gasteiger partial charge in [-0.05, 0) is 55.2 Å². The molecule has 2 atom stereocenters. The zero-order chi connectivity index (χ0) is 18.4. The van der Waals surface area contributed by atoms with Crippen molar-refractivity contribution < 1.29 is 14.3 Å². The Hall–Kier alpha value is -2.41. The highest BCUT2D eigenvalue weighted by atomic mass is 19.1. The average molecular weight is 357 g/mol. The van der Waals surface area contributed by atoms with Crippen LogP contribution in [0.2, 0.25) is 0 Å². The molecule has 26 heavy (non-hydrogen) atoms. The summed E-state index contributed by atoms with van der Waals surface area (Å²) in [6.45, 7) is 3.15. The molecule has 0 aromatic carbocycles. The number of piperidine rings is 1. The Labute approximate surface area is 149 Å². The number of hydrogen-bond acceptors (Lipinski definition) is 4. The van der Waals surface area contributed by atoms with Gasteiger partial charge in [0.2, 0.25) is 0 Å². The molecule has 1 saturated heterocycles. The zero-order valence-corrected chi connectivity index (χ0v) is 14.5. The Balaban J connectivity index is 1.77. The third kappa shape index (κ3) is 2.06. The summed E-state index contributed by atoms with van der Waals surface area (Å²) >= 11 is 0. The van der Waals surface area contributed by atoms with Crippen molar-refractivity contribution >= 4 is 17.2 Å². The lowest BCUT2D eigenvalue weighted by atomic mass is 10.0. The molecule has 2 aromatic rings. The number of aromatic carboxylic acids is 1. The van der Waals surface area contributed by atoms with E-state index in [1.165, 1.54) is 10.5 Å². The first kappa shape index (κ1) is 15.8. The van der Waals surface area contributed by atoms with Gasteiger partial charge in [0.1, 0.15) is 5.56 Å². The summed E-state index contributed by atoms with van der Waals surface area (Å²) in [4.78, 5) is 26.0. The van der Waals surface area contributed by atoms with Gasteiger partial charge in [-0.3, -0.25) is 9.20 Å². The normalized spacial score (nSPS) is 27.0. The average Bonchev–Trinajstić information content (AvgIpc) is 3.47. The summed E-state index contributed by atoms with van der Waals surface area (Å²) in [5.41, 5.74) is 7.71. The van der Waals surface area contributed by atoms with Crippen molar-refractivity contribution in [2.45, 2.75) is 37.6 Å². The molecule has 3 aliphatic rings. The molecule has 0 amide bonds. The van der Waals surface area contributed by atoms with E-state index in [4.69, 9.17) is 5.73 Å². The van der Waals surface area contributed by atoms with Crippen molar-refractivity contribution in [1.29, 1.82) is 0 Å². The molecule has 1 aliphatic heterocycles. The van der Waals surface area contributed by atoms with E-state index in [0.29, 0.717) is 29.2 Å². The van der Waals surface area contributed by atoms with Crippen molar-refractivity contribution in [3.63, 3.8) is 0 Å². The maximum absolute atomic E-state index is 15.0. The van der Waals surface area contributed by atoms with E-state index < -0.39 is 17.3 Å². The third-order valence-electron chi connectivity index (χ3n) is 6.21. The van der Waals surface area contributed by atoms with Crippen molar-refractivity contribution in [3.05, 3.63) is 45.1 Å². The maximum atomic E-state index is 15.0. The first-order valence-electron chi connectivity index (χ1n) is 8.95. The first-order chi connectivity index (χ1) is 12.3. The minimum Gasteiger partial charge on any atom is -0.477 e. The Kier molecular flexibility index (Phi) is 2.95. The van der Waals surface area contributed by atoms with Crippen LogP contribution in [0.5, 0.6) is 0 Å². The van der Waals surface area contributed by atoms with Crippen LogP contribution in [0.3, 0.4) is 0 Å². The molecule has 3 fully saturated rings. The van der Waals surface area contributed by atoms with Gasteiger partial charge in [-0.2, -0.15) is 0 Å². The number of halogens is 1. The maximum Gasteiger partial charge on any atom is 0.341 e. The molecule has 3 N–H and O–H groups in total. The lowest BCUT2D eigenvalue weighted by Gasteiger charge is -2.26. The number of carboxylic acid groups (broad SMARTS) is 1. The quantitative estimate of drug-likeness (QED) is 0.875. The molecular weight excluding hydrogens is 337 g/mol. The minimum absolute atomic E-state index is 0.211. The molecule has 0 radical (unpaired) electrons. The number of fused-ring (bicyclic) bond motifs is 2. The number of hydrogen-bond donors (Lipinski definition) is 2. The van der Waals surface area contributed by atoms with Gasteiger partial charge in [0.15, 0.2) is 5.82 Å². The van der Waals surface area contributed by atoms with E-state index in [9.17, 15) is 19.1 Å². The highest BCUT2D eigenvalue weighted by molar-refractivity contribution is 5.89. The number of nitrogens with zero attached hydrogens (tertiary/aromatic N) is 2. The molecule has 5 rings (SSSR count). The molecule has 1 unspecified atom stereocenters. The second kappa shape index (κ2) is 4.85. The number of anilines is 1. The molecule has 7 heteroatoms. The van der Waals surface area contributed by atoms with E-state index in [1.807, 2.05) is 11.8 Å². The lowest BCUT2D eigenvalue weighted by Crippen LogP contribution is -2.34. The predicted octanol–water partition coefficient (Wildman–Crippen LogP) is 1.86. The van der Waals surface area contributed by atoms with Gasteiger partial charge in [-0.15, -0.1) is 0 Å². The van der Waals surface area contributed by atoms with Crippen LogP contribution in [0, 0.1) is 18.7 Å². The van der Waals surface area contributed by atoms with Gasteiger partial charge in [-0.1, -0.05) is 0 Å². The molecule has 0 spiro atoms. The van der Waals surface area contributed by atoms with Gasteiger partial charge in [-0.25, -0.2) is 9.18 Å². The largest absolute Gasteiger partial charge is 0.477 e. The standard InChI is InChI=1S/C19H20FN3O3/c1-9-15-12(10-2-3-10)4-13(18(25)26)17(24)23(15)7-14(20)16(9)22-6-11-5-19(11,21)8-22/h4,7,10-11H,2-3,5-6,8,21H2,1H3,(H,25,26)/t11?,19-/m1/s1. The van der Waals surface area contributed by atoms with Crippen LogP contribution in [0.4, 0.5) is 10.1 Å². The summed E-state index contributed by atoms with van der Waals surface area (Å²) in [5.74, 6) is -1.16. The fraction of sp³-hybridized carbons (Fsp3) is 0.474. The number of pyridine rings is 2. The molecule has 2 saturated carbocycles. The molecular formula is C19H20FN3O3. The highest BCUT2D eigenvalue weighted by Crippen LogP contribution is 2.50. The van der Waals surface area contributed by atoms with Gasteiger partial charge in [0.05, 0.1) is 17.4 Å². The lowest BCUT2D eigenvalue weighted by molar-refractivity contribution is 0.0694. The Morgan fingerprint density at radius 3 is 2.73 bits per heavy atom. The van der Waals surface area contributed by atoms with Gasteiger partial charge in [0.25, 0.3) is 5.56 Å². The van der Waals surface area contributed by atoms with Crippen LogP contribution in [-0.2, 0) is 0 Å². The van der Waals surface area contributed by atoms with E-state index >= 15 is 0 Å². The van der Waals surface area contributed by atoms with Crippen molar-refractivity contribution in [2.24, 2.45) is 11.7 Å². The predicted molar refractivity (Wildman–Crippen MR) is 94.5 cm³/mol. The summed E-state index contributed by atoms with van der Waals surface area (Å²) in [5, 5.41) is 9.35. The molecule has 3 heterocycles.